The van der Waals surface area contributed by atoms with E-state index in [4.69, 9.17) is 11.6 Å². The van der Waals surface area contributed by atoms with Crippen molar-refractivity contribution in [1.82, 2.24) is 9.80 Å². The molecule has 1 aliphatic rings. The van der Waals surface area contributed by atoms with Gasteiger partial charge in [-0.3, -0.25) is 9.69 Å². The van der Waals surface area contributed by atoms with Crippen LogP contribution in [-0.4, -0.2) is 48.5 Å². The summed E-state index contributed by atoms with van der Waals surface area (Å²) in [6.45, 7) is -0.448. The monoisotopic (exact) mass is 476 g/mol. The minimum atomic E-state index is -3.01. The molecule has 0 aliphatic carbocycles. The summed E-state index contributed by atoms with van der Waals surface area (Å²) in [4.78, 5) is 16.5. The summed E-state index contributed by atoms with van der Waals surface area (Å²) in [5.74, 6) is -0.903. The molecule has 0 spiro atoms. The Kier molecular flexibility index (Phi) is 6.85. The van der Waals surface area contributed by atoms with Crippen LogP contribution >= 0.6 is 27.5 Å². The van der Waals surface area contributed by atoms with Gasteiger partial charge in [-0.1, -0.05) is 33.6 Å². The average molecular weight is 478 g/mol. The summed E-state index contributed by atoms with van der Waals surface area (Å²) in [5, 5.41) is 0.362. The van der Waals surface area contributed by atoms with Crippen LogP contribution in [0.5, 0.6) is 5.75 Å². The molecule has 9 heteroatoms. The van der Waals surface area contributed by atoms with Gasteiger partial charge in [0.1, 0.15) is 11.6 Å². The van der Waals surface area contributed by atoms with Gasteiger partial charge in [-0.25, -0.2) is 4.39 Å². The van der Waals surface area contributed by atoms with E-state index >= 15 is 0 Å². The first-order valence-corrected chi connectivity index (χ1v) is 9.70. The van der Waals surface area contributed by atoms with Gasteiger partial charge >= 0.3 is 6.61 Å². The van der Waals surface area contributed by atoms with E-state index in [2.05, 4.69) is 25.6 Å². The molecule has 150 valence electrons. The Balaban J connectivity index is 1.65. The number of halogens is 5. The molecule has 0 aromatic heterocycles. The van der Waals surface area contributed by atoms with Gasteiger partial charge in [0, 0.05) is 42.2 Å². The SMILES string of the molecule is O=C(c1cc(Br)ccc1OC(F)F)N1CCN(Cc2ccc(F)cc2Cl)CC1. The first-order valence-electron chi connectivity index (χ1n) is 8.53. The summed E-state index contributed by atoms with van der Waals surface area (Å²) in [6.07, 6.45) is 0. The molecule has 2 aromatic rings. The molecule has 0 N–H and O–H groups in total. The van der Waals surface area contributed by atoms with E-state index in [1.807, 2.05) is 0 Å². The number of hydrogen-bond donors (Lipinski definition) is 0. The molecule has 1 heterocycles. The zero-order valence-corrected chi connectivity index (χ0v) is 17.0. The van der Waals surface area contributed by atoms with Gasteiger partial charge in [-0.2, -0.15) is 8.78 Å². The third-order valence-electron chi connectivity index (χ3n) is 4.46. The highest BCUT2D eigenvalue weighted by molar-refractivity contribution is 9.10. The normalized spacial score (nSPS) is 15.1. The van der Waals surface area contributed by atoms with Crippen LogP contribution in [0.2, 0.25) is 5.02 Å². The van der Waals surface area contributed by atoms with Crippen LogP contribution in [-0.2, 0) is 6.54 Å². The number of nitrogens with zero attached hydrogens (tertiary/aromatic N) is 2. The van der Waals surface area contributed by atoms with E-state index in [0.29, 0.717) is 42.2 Å². The average Bonchev–Trinajstić information content (AvgIpc) is 2.65. The number of carbonyl (C=O) groups excluding carboxylic acids is 1. The second-order valence-corrected chi connectivity index (χ2v) is 7.65. The topological polar surface area (TPSA) is 32.8 Å². The van der Waals surface area contributed by atoms with Crippen LogP contribution in [0.25, 0.3) is 0 Å². The van der Waals surface area contributed by atoms with Crippen molar-refractivity contribution >= 4 is 33.4 Å². The number of rotatable bonds is 5. The molecule has 2 aromatic carbocycles. The minimum absolute atomic E-state index is 0.0877. The Bertz CT molecular complexity index is 861. The van der Waals surface area contributed by atoms with Crippen LogP contribution in [0.4, 0.5) is 13.2 Å². The Morgan fingerprint density at radius 1 is 1.14 bits per heavy atom. The fourth-order valence-corrected chi connectivity index (χ4v) is 3.63. The lowest BCUT2D eigenvalue weighted by Crippen LogP contribution is -2.48. The zero-order valence-electron chi connectivity index (χ0n) is 14.7. The van der Waals surface area contributed by atoms with Crippen LogP contribution in [0.1, 0.15) is 15.9 Å². The molecule has 0 saturated carbocycles. The highest BCUT2D eigenvalue weighted by atomic mass is 79.9. The van der Waals surface area contributed by atoms with Gasteiger partial charge < -0.3 is 9.64 Å². The number of hydrogen-bond acceptors (Lipinski definition) is 3. The molecule has 0 atom stereocenters. The fourth-order valence-electron chi connectivity index (χ4n) is 3.04. The van der Waals surface area contributed by atoms with Crippen molar-refractivity contribution in [2.75, 3.05) is 26.2 Å². The molecule has 28 heavy (non-hydrogen) atoms. The van der Waals surface area contributed by atoms with Crippen molar-refractivity contribution in [2.45, 2.75) is 13.2 Å². The first-order chi connectivity index (χ1) is 13.3. The second-order valence-electron chi connectivity index (χ2n) is 6.32. The van der Waals surface area contributed by atoms with Crippen molar-refractivity contribution in [3.05, 3.63) is 62.8 Å². The van der Waals surface area contributed by atoms with Crippen molar-refractivity contribution in [3.8, 4) is 5.75 Å². The van der Waals surface area contributed by atoms with Crippen LogP contribution < -0.4 is 4.74 Å². The number of piperazine rings is 1. The van der Waals surface area contributed by atoms with Crippen LogP contribution in [0.3, 0.4) is 0 Å². The van der Waals surface area contributed by atoms with Gasteiger partial charge in [0.15, 0.2) is 0 Å². The quantitative estimate of drug-likeness (QED) is 0.620. The summed E-state index contributed by atoms with van der Waals surface area (Å²) in [6, 6.07) is 8.64. The summed E-state index contributed by atoms with van der Waals surface area (Å²) in [7, 11) is 0. The number of amides is 1. The van der Waals surface area contributed by atoms with E-state index in [1.54, 1.807) is 17.0 Å². The Morgan fingerprint density at radius 3 is 2.50 bits per heavy atom. The maximum absolute atomic E-state index is 13.2. The Labute approximate surface area is 173 Å². The Hall–Kier alpha value is -1.77. The fraction of sp³-hybridized carbons (Fsp3) is 0.316. The lowest BCUT2D eigenvalue weighted by Gasteiger charge is -2.35. The highest BCUT2D eigenvalue weighted by Gasteiger charge is 2.25. The minimum Gasteiger partial charge on any atom is -0.434 e. The number of alkyl halides is 2. The molecule has 1 saturated heterocycles. The molecule has 0 radical (unpaired) electrons. The van der Waals surface area contributed by atoms with Crippen molar-refractivity contribution < 1.29 is 22.7 Å². The predicted octanol–water partition coefficient (Wildman–Crippen LogP) is 4.80. The summed E-state index contributed by atoms with van der Waals surface area (Å²) < 4.78 is 43.5. The lowest BCUT2D eigenvalue weighted by atomic mass is 10.1. The summed E-state index contributed by atoms with van der Waals surface area (Å²) >= 11 is 9.32. The van der Waals surface area contributed by atoms with E-state index in [-0.39, 0.29) is 23.0 Å². The maximum Gasteiger partial charge on any atom is 0.387 e. The molecule has 4 nitrogen and oxygen atoms in total. The number of ether oxygens (including phenoxy) is 1. The van der Waals surface area contributed by atoms with Crippen molar-refractivity contribution in [1.29, 1.82) is 0 Å². The molecular formula is C19H17BrClF3N2O2. The standard InChI is InChI=1S/C19H17BrClF3N2O2/c20-13-2-4-17(28-19(23)24)15(9-13)18(27)26-7-5-25(6-8-26)11-12-1-3-14(22)10-16(12)21/h1-4,9-10,19H,5-8,11H2. The number of carbonyl (C=O) groups is 1. The summed E-state index contributed by atoms with van der Waals surface area (Å²) in [5.41, 5.74) is 0.896. The Morgan fingerprint density at radius 2 is 1.86 bits per heavy atom. The molecular weight excluding hydrogens is 461 g/mol. The van der Waals surface area contributed by atoms with E-state index in [1.165, 1.54) is 24.3 Å². The van der Waals surface area contributed by atoms with Crippen molar-refractivity contribution in [3.63, 3.8) is 0 Å². The van der Waals surface area contributed by atoms with Crippen LogP contribution in [0, 0.1) is 5.82 Å². The third kappa shape index (κ3) is 5.18. The molecule has 0 bridgehead atoms. The van der Waals surface area contributed by atoms with Gasteiger partial charge in [0.25, 0.3) is 5.91 Å². The zero-order chi connectivity index (χ0) is 20.3. The van der Waals surface area contributed by atoms with Gasteiger partial charge in [-0.15, -0.1) is 0 Å². The predicted molar refractivity (Wildman–Crippen MR) is 103 cm³/mol. The number of benzene rings is 2. The van der Waals surface area contributed by atoms with E-state index in [9.17, 15) is 18.0 Å². The van der Waals surface area contributed by atoms with Crippen molar-refractivity contribution in [2.24, 2.45) is 0 Å². The molecule has 3 rings (SSSR count). The van der Waals surface area contributed by atoms with E-state index < -0.39 is 6.61 Å². The third-order valence-corrected chi connectivity index (χ3v) is 5.30. The molecule has 1 fully saturated rings. The maximum atomic E-state index is 13.2. The molecule has 0 unspecified atom stereocenters. The first kappa shape index (κ1) is 21.0. The largest absolute Gasteiger partial charge is 0.434 e. The van der Waals surface area contributed by atoms with Gasteiger partial charge in [0.2, 0.25) is 0 Å². The highest BCUT2D eigenvalue weighted by Crippen LogP contribution is 2.27. The van der Waals surface area contributed by atoms with Crippen LogP contribution in [0.15, 0.2) is 40.9 Å². The van der Waals surface area contributed by atoms with Gasteiger partial charge in [-0.05, 0) is 35.9 Å². The smallest absolute Gasteiger partial charge is 0.387 e. The van der Waals surface area contributed by atoms with E-state index in [0.717, 1.165) is 5.56 Å². The molecule has 1 amide bonds. The van der Waals surface area contributed by atoms with Gasteiger partial charge in [0.05, 0.1) is 5.56 Å². The molecule has 1 aliphatic heterocycles. The second kappa shape index (κ2) is 9.15. The lowest BCUT2D eigenvalue weighted by molar-refractivity contribution is -0.0503.